The zero-order valence-corrected chi connectivity index (χ0v) is 14.3. The molecule has 0 aliphatic carbocycles. The van der Waals surface area contributed by atoms with Crippen LogP contribution in [-0.2, 0) is 0 Å². The Bertz CT molecular complexity index is 840. The van der Waals surface area contributed by atoms with Gasteiger partial charge in [0.2, 0.25) is 0 Å². The van der Waals surface area contributed by atoms with Crippen molar-refractivity contribution in [2.24, 2.45) is 0 Å². The quantitative estimate of drug-likeness (QED) is 0.503. The molecule has 0 saturated heterocycles. The maximum Gasteiger partial charge on any atom is 0.266 e. The summed E-state index contributed by atoms with van der Waals surface area (Å²) in [6.45, 7) is 0. The van der Waals surface area contributed by atoms with E-state index in [1.165, 1.54) is 11.9 Å². The van der Waals surface area contributed by atoms with Crippen molar-refractivity contribution >= 4 is 29.5 Å². The Kier molecular flexibility index (Phi) is 5.54. The van der Waals surface area contributed by atoms with Crippen LogP contribution in [-0.4, -0.2) is 5.91 Å². The standard InChI is InChI=1S/C19H15ClN2OS/c20-18-12-5-4-11-17(18)14-7-6-8-15(13-14)19(23)21-22-24-16-9-2-1-3-10-16/h1-13,22H,(H,21,23). The summed E-state index contributed by atoms with van der Waals surface area (Å²) in [5.41, 5.74) is 5.05. The Morgan fingerprint density at radius 2 is 1.62 bits per heavy atom. The van der Waals surface area contributed by atoms with Crippen molar-refractivity contribution in [1.29, 1.82) is 0 Å². The summed E-state index contributed by atoms with van der Waals surface area (Å²) >= 11 is 7.57. The molecule has 0 spiro atoms. The van der Waals surface area contributed by atoms with Gasteiger partial charge in [0, 0.05) is 21.0 Å². The number of benzene rings is 3. The summed E-state index contributed by atoms with van der Waals surface area (Å²) in [6.07, 6.45) is 0. The molecular formula is C19H15ClN2OS. The van der Waals surface area contributed by atoms with Gasteiger partial charge >= 0.3 is 0 Å². The molecule has 0 unspecified atom stereocenters. The molecule has 24 heavy (non-hydrogen) atoms. The molecule has 0 radical (unpaired) electrons. The van der Waals surface area contributed by atoms with Crippen LogP contribution in [0.2, 0.25) is 5.02 Å². The molecular weight excluding hydrogens is 340 g/mol. The molecule has 3 nitrogen and oxygen atoms in total. The van der Waals surface area contributed by atoms with Crippen molar-refractivity contribution in [2.75, 3.05) is 0 Å². The van der Waals surface area contributed by atoms with Gasteiger partial charge in [0.15, 0.2) is 0 Å². The van der Waals surface area contributed by atoms with Crippen LogP contribution < -0.4 is 10.3 Å². The van der Waals surface area contributed by atoms with Crippen LogP contribution in [0.15, 0.2) is 83.8 Å². The third-order valence-corrected chi connectivity index (χ3v) is 4.43. The summed E-state index contributed by atoms with van der Waals surface area (Å²) in [5.74, 6) is -0.202. The first-order valence-electron chi connectivity index (χ1n) is 7.36. The second kappa shape index (κ2) is 8.02. The number of nitrogens with one attached hydrogen (secondary N) is 2. The molecule has 3 aromatic rings. The highest BCUT2D eigenvalue weighted by molar-refractivity contribution is 7.97. The number of hydrazine groups is 1. The lowest BCUT2D eigenvalue weighted by atomic mass is 10.0. The zero-order valence-electron chi connectivity index (χ0n) is 12.7. The van der Waals surface area contributed by atoms with Gasteiger partial charge in [-0.05, 0) is 47.8 Å². The molecule has 0 aliphatic heterocycles. The lowest BCUT2D eigenvalue weighted by Gasteiger charge is -2.09. The molecule has 3 rings (SSSR count). The van der Waals surface area contributed by atoms with E-state index in [4.69, 9.17) is 11.6 Å². The number of carbonyl (C=O) groups is 1. The van der Waals surface area contributed by atoms with Gasteiger partial charge in [-0.1, -0.05) is 60.1 Å². The number of halogens is 1. The number of hydrogen-bond donors (Lipinski definition) is 2. The third-order valence-electron chi connectivity index (χ3n) is 3.39. The minimum atomic E-state index is -0.202. The second-order valence-electron chi connectivity index (χ2n) is 5.03. The van der Waals surface area contributed by atoms with Gasteiger partial charge in [0.05, 0.1) is 0 Å². The summed E-state index contributed by atoms with van der Waals surface area (Å²) in [5, 5.41) is 0.660. The summed E-state index contributed by atoms with van der Waals surface area (Å²) in [6, 6.07) is 24.7. The molecule has 5 heteroatoms. The maximum atomic E-state index is 12.3. The molecule has 120 valence electrons. The van der Waals surface area contributed by atoms with E-state index in [1.54, 1.807) is 6.07 Å². The topological polar surface area (TPSA) is 41.1 Å². The highest BCUT2D eigenvalue weighted by atomic mass is 35.5. The molecule has 0 saturated carbocycles. The summed E-state index contributed by atoms with van der Waals surface area (Å²) in [7, 11) is 0. The van der Waals surface area contributed by atoms with E-state index in [2.05, 4.69) is 10.3 Å². The largest absolute Gasteiger partial charge is 0.277 e. The summed E-state index contributed by atoms with van der Waals surface area (Å²) < 4.78 is 0. The van der Waals surface area contributed by atoms with Crippen molar-refractivity contribution in [3.63, 3.8) is 0 Å². The van der Waals surface area contributed by atoms with Crippen LogP contribution in [0.3, 0.4) is 0 Å². The van der Waals surface area contributed by atoms with E-state index < -0.39 is 0 Å². The van der Waals surface area contributed by atoms with Crippen molar-refractivity contribution in [1.82, 2.24) is 10.3 Å². The Morgan fingerprint density at radius 3 is 2.42 bits per heavy atom. The summed E-state index contributed by atoms with van der Waals surface area (Å²) in [4.78, 5) is 16.2. The first kappa shape index (κ1) is 16.6. The van der Waals surface area contributed by atoms with E-state index in [-0.39, 0.29) is 5.91 Å². The number of amides is 1. The van der Waals surface area contributed by atoms with Crippen LogP contribution in [0.1, 0.15) is 10.4 Å². The fourth-order valence-corrected chi connectivity index (χ4v) is 3.01. The van der Waals surface area contributed by atoms with E-state index >= 15 is 0 Å². The van der Waals surface area contributed by atoms with Crippen molar-refractivity contribution < 1.29 is 4.79 Å². The fourth-order valence-electron chi connectivity index (χ4n) is 2.21. The minimum absolute atomic E-state index is 0.202. The normalized spacial score (nSPS) is 10.4. The van der Waals surface area contributed by atoms with E-state index in [9.17, 15) is 4.79 Å². The molecule has 0 fully saturated rings. The van der Waals surface area contributed by atoms with E-state index in [0.29, 0.717) is 10.6 Å². The number of hydrogen-bond acceptors (Lipinski definition) is 3. The van der Waals surface area contributed by atoms with Crippen LogP contribution >= 0.6 is 23.5 Å². The predicted octanol–water partition coefficient (Wildman–Crippen LogP) is 4.95. The average molecular weight is 355 g/mol. The van der Waals surface area contributed by atoms with Crippen LogP contribution in [0, 0.1) is 0 Å². The van der Waals surface area contributed by atoms with Gasteiger partial charge in [0.1, 0.15) is 0 Å². The molecule has 0 aliphatic rings. The predicted molar refractivity (Wildman–Crippen MR) is 99.8 cm³/mol. The van der Waals surface area contributed by atoms with Gasteiger partial charge in [0.25, 0.3) is 5.91 Å². The SMILES string of the molecule is O=C(NNSc1ccccc1)c1cccc(-c2ccccc2Cl)c1. The smallest absolute Gasteiger partial charge is 0.266 e. The second-order valence-corrected chi connectivity index (χ2v) is 6.32. The Hall–Kier alpha value is -2.27. The number of carbonyl (C=O) groups excluding carboxylic acids is 1. The lowest BCUT2D eigenvalue weighted by Crippen LogP contribution is -2.32. The van der Waals surface area contributed by atoms with Crippen molar-refractivity contribution in [3.05, 3.63) is 89.4 Å². The molecule has 0 heterocycles. The molecule has 0 bridgehead atoms. The van der Waals surface area contributed by atoms with E-state index in [0.717, 1.165) is 16.0 Å². The van der Waals surface area contributed by atoms with Gasteiger partial charge < -0.3 is 0 Å². The Balaban J connectivity index is 1.67. The molecule has 0 aromatic heterocycles. The van der Waals surface area contributed by atoms with Gasteiger partial charge in [-0.2, -0.15) is 4.83 Å². The zero-order chi connectivity index (χ0) is 16.8. The van der Waals surface area contributed by atoms with Crippen LogP contribution in [0.4, 0.5) is 0 Å². The van der Waals surface area contributed by atoms with Crippen LogP contribution in [0.25, 0.3) is 11.1 Å². The Morgan fingerprint density at radius 1 is 0.875 bits per heavy atom. The van der Waals surface area contributed by atoms with Crippen molar-refractivity contribution in [3.8, 4) is 11.1 Å². The molecule has 0 atom stereocenters. The highest BCUT2D eigenvalue weighted by Gasteiger charge is 2.08. The van der Waals surface area contributed by atoms with Gasteiger partial charge in [-0.25, -0.2) is 0 Å². The monoisotopic (exact) mass is 354 g/mol. The first-order valence-corrected chi connectivity index (χ1v) is 8.56. The van der Waals surface area contributed by atoms with E-state index in [1.807, 2.05) is 72.8 Å². The fraction of sp³-hybridized carbons (Fsp3) is 0. The molecule has 3 aromatic carbocycles. The molecule has 2 N–H and O–H groups in total. The van der Waals surface area contributed by atoms with Crippen molar-refractivity contribution in [2.45, 2.75) is 4.90 Å². The first-order chi connectivity index (χ1) is 11.7. The highest BCUT2D eigenvalue weighted by Crippen LogP contribution is 2.27. The average Bonchev–Trinajstić information content (AvgIpc) is 2.63. The Labute approximate surface area is 150 Å². The minimum Gasteiger partial charge on any atom is -0.277 e. The van der Waals surface area contributed by atoms with Crippen LogP contribution in [0.5, 0.6) is 0 Å². The third kappa shape index (κ3) is 4.17. The van der Waals surface area contributed by atoms with Gasteiger partial charge in [-0.3, -0.25) is 10.2 Å². The molecule has 1 amide bonds. The maximum absolute atomic E-state index is 12.3. The van der Waals surface area contributed by atoms with Gasteiger partial charge in [-0.15, -0.1) is 0 Å². The number of rotatable bonds is 5. The lowest BCUT2D eigenvalue weighted by molar-refractivity contribution is 0.0947.